The highest BCUT2D eigenvalue weighted by atomic mass is 19.3. The lowest BCUT2D eigenvalue weighted by molar-refractivity contribution is -0.0231. The second-order valence-electron chi connectivity index (χ2n) is 6.46. The molecule has 0 aliphatic heterocycles. The number of hydrogen-bond donors (Lipinski definition) is 1. The molecule has 8 heteroatoms. The largest absolute Gasteiger partial charge is 0.487 e. The summed E-state index contributed by atoms with van der Waals surface area (Å²) in [6.07, 6.45) is 3.31. The Bertz CT molecular complexity index is 979. The number of alkyl halides is 2. The highest BCUT2D eigenvalue weighted by Crippen LogP contribution is 2.23. The topological polar surface area (TPSA) is 69.0 Å². The maximum atomic E-state index is 13.0. The quantitative estimate of drug-likeness (QED) is 0.720. The molecule has 1 aromatic carbocycles. The maximum Gasteiger partial charge on any atom is 0.278 e. The highest BCUT2D eigenvalue weighted by molar-refractivity contribution is 6.03. The van der Waals surface area contributed by atoms with E-state index in [1.807, 2.05) is 6.07 Å². The number of nitrogens with one attached hydrogen (secondary N) is 1. The van der Waals surface area contributed by atoms with Crippen LogP contribution in [0, 0.1) is 6.92 Å². The van der Waals surface area contributed by atoms with Gasteiger partial charge in [0.15, 0.2) is 6.61 Å². The SMILES string of the molecule is CNC(=O)c1nccc2nn(Cc3ccc(OCC(C)(F)F)c(C)c3)cc12. The molecule has 0 spiro atoms. The molecule has 142 valence electrons. The third kappa shape index (κ3) is 4.39. The zero-order valence-electron chi connectivity index (χ0n) is 15.3. The Kier molecular flexibility index (Phi) is 5.07. The molecule has 1 N–H and O–H groups in total. The average molecular weight is 374 g/mol. The summed E-state index contributed by atoms with van der Waals surface area (Å²) in [5.74, 6) is -2.72. The van der Waals surface area contributed by atoms with Crippen molar-refractivity contribution in [1.82, 2.24) is 20.1 Å². The summed E-state index contributed by atoms with van der Waals surface area (Å²) >= 11 is 0. The van der Waals surface area contributed by atoms with Gasteiger partial charge in [-0.15, -0.1) is 0 Å². The number of aryl methyl sites for hydroxylation is 1. The number of rotatable bonds is 6. The van der Waals surface area contributed by atoms with Gasteiger partial charge < -0.3 is 10.1 Å². The molecule has 3 aromatic rings. The lowest BCUT2D eigenvalue weighted by Gasteiger charge is -2.14. The molecule has 0 fully saturated rings. The van der Waals surface area contributed by atoms with Gasteiger partial charge in [0.05, 0.1) is 17.4 Å². The van der Waals surface area contributed by atoms with Crippen LogP contribution >= 0.6 is 0 Å². The molecule has 2 heterocycles. The summed E-state index contributed by atoms with van der Waals surface area (Å²) in [6.45, 7) is 2.43. The van der Waals surface area contributed by atoms with Crippen LogP contribution in [0.4, 0.5) is 8.78 Å². The van der Waals surface area contributed by atoms with Crippen LogP contribution in [-0.2, 0) is 6.54 Å². The molecule has 3 rings (SSSR count). The van der Waals surface area contributed by atoms with E-state index in [1.54, 1.807) is 49.2 Å². The van der Waals surface area contributed by atoms with E-state index in [1.165, 1.54) is 0 Å². The third-order valence-corrected chi connectivity index (χ3v) is 3.99. The second kappa shape index (κ2) is 7.30. The van der Waals surface area contributed by atoms with Crippen LogP contribution in [-0.4, -0.2) is 40.2 Å². The molecule has 0 saturated heterocycles. The Hall–Kier alpha value is -3.03. The summed E-state index contributed by atoms with van der Waals surface area (Å²) in [4.78, 5) is 16.1. The zero-order chi connectivity index (χ0) is 19.6. The Labute approximate surface area is 155 Å². The first kappa shape index (κ1) is 18.8. The van der Waals surface area contributed by atoms with Gasteiger partial charge in [-0.2, -0.15) is 5.10 Å². The Morgan fingerprint density at radius 1 is 1.33 bits per heavy atom. The number of halogens is 2. The Morgan fingerprint density at radius 2 is 2.11 bits per heavy atom. The van der Waals surface area contributed by atoms with Crippen molar-refractivity contribution in [2.75, 3.05) is 13.7 Å². The van der Waals surface area contributed by atoms with Gasteiger partial charge in [-0.1, -0.05) is 12.1 Å². The third-order valence-electron chi connectivity index (χ3n) is 3.99. The van der Waals surface area contributed by atoms with Crippen LogP contribution in [0.15, 0.2) is 36.7 Å². The van der Waals surface area contributed by atoms with Gasteiger partial charge in [0.2, 0.25) is 0 Å². The monoisotopic (exact) mass is 374 g/mol. The molecule has 1 amide bonds. The van der Waals surface area contributed by atoms with Gasteiger partial charge in [0, 0.05) is 26.4 Å². The lowest BCUT2D eigenvalue weighted by atomic mass is 10.1. The Balaban J connectivity index is 1.81. The molecule has 27 heavy (non-hydrogen) atoms. The van der Waals surface area contributed by atoms with Crippen LogP contribution in [0.25, 0.3) is 10.9 Å². The van der Waals surface area contributed by atoms with Crippen molar-refractivity contribution in [2.24, 2.45) is 0 Å². The van der Waals surface area contributed by atoms with E-state index in [0.717, 1.165) is 18.1 Å². The summed E-state index contributed by atoms with van der Waals surface area (Å²) in [5, 5.41) is 7.70. The van der Waals surface area contributed by atoms with Crippen molar-refractivity contribution < 1.29 is 18.3 Å². The van der Waals surface area contributed by atoms with Crippen LogP contribution in [0.1, 0.15) is 28.5 Å². The van der Waals surface area contributed by atoms with Gasteiger partial charge in [-0.05, 0) is 30.2 Å². The molecule has 2 aromatic heterocycles. The van der Waals surface area contributed by atoms with E-state index in [-0.39, 0.29) is 5.91 Å². The number of amides is 1. The number of nitrogens with zero attached hydrogens (tertiary/aromatic N) is 3. The summed E-state index contributed by atoms with van der Waals surface area (Å²) in [5.41, 5.74) is 2.69. The highest BCUT2D eigenvalue weighted by Gasteiger charge is 2.22. The normalized spacial score (nSPS) is 11.6. The van der Waals surface area contributed by atoms with Crippen molar-refractivity contribution in [1.29, 1.82) is 0 Å². The molecule has 0 radical (unpaired) electrons. The molecule has 0 aliphatic rings. The molecule has 0 saturated carbocycles. The van der Waals surface area contributed by atoms with Crippen molar-refractivity contribution in [3.63, 3.8) is 0 Å². The van der Waals surface area contributed by atoms with E-state index >= 15 is 0 Å². The van der Waals surface area contributed by atoms with Crippen LogP contribution in [0.2, 0.25) is 0 Å². The molecular weight excluding hydrogens is 354 g/mol. The van der Waals surface area contributed by atoms with Gasteiger partial charge in [-0.25, -0.2) is 8.78 Å². The molecule has 6 nitrogen and oxygen atoms in total. The van der Waals surface area contributed by atoms with Crippen LogP contribution in [0.5, 0.6) is 5.75 Å². The number of fused-ring (bicyclic) bond motifs is 1. The van der Waals surface area contributed by atoms with E-state index in [9.17, 15) is 13.6 Å². The lowest BCUT2D eigenvalue weighted by Crippen LogP contribution is -2.21. The minimum absolute atomic E-state index is 0.273. The Morgan fingerprint density at radius 3 is 2.78 bits per heavy atom. The maximum absolute atomic E-state index is 13.0. The minimum Gasteiger partial charge on any atom is -0.487 e. The first-order valence-corrected chi connectivity index (χ1v) is 8.41. The van der Waals surface area contributed by atoms with E-state index < -0.39 is 12.5 Å². The number of carbonyl (C=O) groups excluding carboxylic acids is 1. The number of benzene rings is 1. The molecule has 0 aliphatic carbocycles. The zero-order valence-corrected chi connectivity index (χ0v) is 15.3. The fourth-order valence-corrected chi connectivity index (χ4v) is 2.74. The van der Waals surface area contributed by atoms with Gasteiger partial charge >= 0.3 is 0 Å². The standard InChI is InChI=1S/C19H20F2N4O2/c1-12-8-13(4-5-16(12)27-11-19(2,20)21)9-25-10-14-15(24-25)6-7-23-17(14)18(26)22-3/h4-8,10H,9,11H2,1-3H3,(H,22,26). The summed E-state index contributed by atoms with van der Waals surface area (Å²) in [6, 6.07) is 7.09. The number of carbonyl (C=O) groups is 1. The van der Waals surface area contributed by atoms with E-state index in [0.29, 0.717) is 28.9 Å². The van der Waals surface area contributed by atoms with Crippen molar-refractivity contribution in [3.05, 3.63) is 53.5 Å². The van der Waals surface area contributed by atoms with Crippen LogP contribution in [0.3, 0.4) is 0 Å². The molecule has 0 bridgehead atoms. The first-order valence-electron chi connectivity index (χ1n) is 8.41. The number of ether oxygens (including phenoxy) is 1. The fourth-order valence-electron chi connectivity index (χ4n) is 2.74. The summed E-state index contributed by atoms with van der Waals surface area (Å²) < 4.78 is 32.8. The van der Waals surface area contributed by atoms with Gasteiger partial charge in [0.1, 0.15) is 11.4 Å². The van der Waals surface area contributed by atoms with E-state index in [2.05, 4.69) is 15.4 Å². The number of aromatic nitrogens is 3. The van der Waals surface area contributed by atoms with Crippen molar-refractivity contribution in [2.45, 2.75) is 26.3 Å². The summed E-state index contributed by atoms with van der Waals surface area (Å²) in [7, 11) is 1.55. The number of hydrogen-bond acceptors (Lipinski definition) is 4. The van der Waals surface area contributed by atoms with Gasteiger partial charge in [0.25, 0.3) is 11.8 Å². The van der Waals surface area contributed by atoms with Crippen molar-refractivity contribution in [3.8, 4) is 5.75 Å². The fraction of sp³-hybridized carbons (Fsp3) is 0.316. The predicted molar refractivity (Wildman–Crippen MR) is 97.3 cm³/mol. The number of pyridine rings is 1. The first-order chi connectivity index (χ1) is 12.8. The molecule has 0 unspecified atom stereocenters. The van der Waals surface area contributed by atoms with Crippen LogP contribution < -0.4 is 10.1 Å². The second-order valence-corrected chi connectivity index (χ2v) is 6.46. The molecule has 0 atom stereocenters. The van der Waals surface area contributed by atoms with Crippen molar-refractivity contribution >= 4 is 16.8 Å². The van der Waals surface area contributed by atoms with Gasteiger partial charge in [-0.3, -0.25) is 14.5 Å². The average Bonchev–Trinajstić information content (AvgIpc) is 3.01. The molecular formula is C19H20F2N4O2. The minimum atomic E-state index is -2.88. The smallest absolute Gasteiger partial charge is 0.278 e. The van der Waals surface area contributed by atoms with E-state index in [4.69, 9.17) is 4.74 Å². The predicted octanol–water partition coefficient (Wildman–Crippen LogP) is 3.18.